The van der Waals surface area contributed by atoms with Gasteiger partial charge in [0.1, 0.15) is 22.3 Å². The second-order valence-corrected chi connectivity index (χ2v) is 20.1. The first-order chi connectivity index (χ1) is 36.3. The number of fused-ring (bicyclic) bond motifs is 14. The molecule has 0 unspecified atom stereocenters. The van der Waals surface area contributed by atoms with E-state index in [1.807, 2.05) is 0 Å². The molecule has 6 nitrogen and oxygen atoms in total. The van der Waals surface area contributed by atoms with Crippen LogP contribution in [0.5, 0.6) is 0 Å². The maximum absolute atomic E-state index is 7.28. The molecule has 0 spiro atoms. The number of hydrogen-bond acceptors (Lipinski definition) is 4. The molecule has 6 heteroatoms. The lowest BCUT2D eigenvalue weighted by atomic mass is 10.0. The third kappa shape index (κ3) is 6.51. The normalized spacial score (nSPS) is 12.1. The minimum absolute atomic E-state index is 0.722. The van der Waals surface area contributed by atoms with Crippen LogP contribution in [0.25, 0.3) is 154 Å². The van der Waals surface area contributed by atoms with Crippen LogP contribution in [0.1, 0.15) is 22.3 Å². The number of aromatic nitrogens is 4. The molecule has 0 aliphatic heterocycles. The number of furan rings is 2. The van der Waals surface area contributed by atoms with Gasteiger partial charge in [-0.15, -0.1) is 0 Å². The van der Waals surface area contributed by atoms with Crippen LogP contribution < -0.4 is 0 Å². The van der Waals surface area contributed by atoms with Crippen LogP contribution in [0.4, 0.5) is 0 Å². The van der Waals surface area contributed by atoms with Gasteiger partial charge in [0.15, 0.2) is 0 Å². The van der Waals surface area contributed by atoms with Crippen LogP contribution in [0.15, 0.2) is 203 Å². The quantitative estimate of drug-likeness (QED) is 0.184. The molecule has 0 aliphatic rings. The number of aromatic amines is 2. The molecular weight excluding hydrogens is 905 g/mol. The summed E-state index contributed by atoms with van der Waals surface area (Å²) in [5.41, 5.74) is 22.6. The minimum atomic E-state index is 0.722. The topological polar surface area (TPSA) is 83.6 Å². The maximum atomic E-state index is 7.28. The van der Waals surface area contributed by atoms with Crippen molar-refractivity contribution in [1.29, 1.82) is 0 Å². The predicted molar refractivity (Wildman–Crippen MR) is 309 cm³/mol. The van der Waals surface area contributed by atoms with Crippen molar-refractivity contribution in [2.24, 2.45) is 0 Å². The van der Waals surface area contributed by atoms with Crippen LogP contribution in [-0.2, 0) is 0 Å². The predicted octanol–water partition coefficient (Wildman–Crippen LogP) is 18.9. The molecule has 0 aliphatic carbocycles. The van der Waals surface area contributed by atoms with E-state index in [1.54, 1.807) is 0 Å². The van der Waals surface area contributed by atoms with E-state index in [4.69, 9.17) is 18.8 Å². The Hall–Kier alpha value is -9.52. The van der Waals surface area contributed by atoms with Crippen molar-refractivity contribution in [3.63, 3.8) is 0 Å². The van der Waals surface area contributed by atoms with E-state index in [0.29, 0.717) is 0 Å². The lowest BCUT2D eigenvalue weighted by Crippen LogP contribution is -1.82. The summed E-state index contributed by atoms with van der Waals surface area (Å²) < 4.78 is 14.6. The lowest BCUT2D eigenvalue weighted by molar-refractivity contribution is 0.668. The molecule has 0 radical (unpaired) electrons. The zero-order valence-corrected chi connectivity index (χ0v) is 41.2. The van der Waals surface area contributed by atoms with Gasteiger partial charge in [-0.05, 0) is 120 Å². The van der Waals surface area contributed by atoms with Crippen molar-refractivity contribution >= 4 is 110 Å². The smallest absolute Gasteiger partial charge is 0.137 e. The first-order valence-electron chi connectivity index (χ1n) is 25.3. The fourth-order valence-corrected chi connectivity index (χ4v) is 11.6. The molecule has 0 saturated heterocycles. The van der Waals surface area contributed by atoms with Gasteiger partial charge in [0.25, 0.3) is 0 Å². The molecule has 12 bridgehead atoms. The number of nitrogens with one attached hydrogen (secondary N) is 2. The first-order valence-corrected chi connectivity index (χ1v) is 25.3. The summed E-state index contributed by atoms with van der Waals surface area (Å²) in [6.45, 7) is 8.49. The Kier molecular flexibility index (Phi) is 9.12. The van der Waals surface area contributed by atoms with Gasteiger partial charge in [-0.3, -0.25) is 0 Å². The van der Waals surface area contributed by atoms with E-state index in [0.717, 1.165) is 154 Å². The van der Waals surface area contributed by atoms with E-state index in [1.165, 1.54) is 22.3 Å². The number of nitrogens with zero attached hydrogens (tertiary/aromatic N) is 2. The fourth-order valence-electron chi connectivity index (χ4n) is 11.6. The molecule has 7 aromatic heterocycles. The second-order valence-electron chi connectivity index (χ2n) is 20.1. The maximum Gasteiger partial charge on any atom is 0.137 e. The third-order valence-electron chi connectivity index (χ3n) is 15.3. The summed E-state index contributed by atoms with van der Waals surface area (Å²) in [7, 11) is 0. The molecule has 350 valence electrons. The van der Waals surface area contributed by atoms with E-state index in [-0.39, 0.29) is 0 Å². The second kappa shape index (κ2) is 16.0. The number of benzene rings is 8. The third-order valence-corrected chi connectivity index (χ3v) is 15.3. The molecular formula is C68H46N4O2. The van der Waals surface area contributed by atoms with Gasteiger partial charge in [0.2, 0.25) is 0 Å². The standard InChI is InChI=1S/C68H46N4O2/c1-37-13-21-41(22-14-37)61-53-33-49-45-9-5-6-10-46(45)50-34-55(70-66(50)65(49)69-53)63(43-25-17-39(3)18-26-43)59-31-32-60(74-59)64(44-27-19-40(4)20-28-44)56-36-52-48-12-8-7-11-47(48)51-35-54(71-67(51)68(52)72-56)62(58-30-29-57(61)73-58)42-23-15-38(2)16-24-42/h5-36,69,72H,1-4H3. The molecule has 8 aromatic carbocycles. The zero-order chi connectivity index (χ0) is 49.3. The summed E-state index contributed by atoms with van der Waals surface area (Å²) in [6, 6.07) is 69.6. The van der Waals surface area contributed by atoms with Crippen molar-refractivity contribution in [3.05, 3.63) is 216 Å². The van der Waals surface area contributed by atoms with Gasteiger partial charge >= 0.3 is 0 Å². The summed E-state index contributed by atoms with van der Waals surface area (Å²) in [4.78, 5) is 19.2. The molecule has 0 saturated carbocycles. The molecule has 15 aromatic rings. The summed E-state index contributed by atoms with van der Waals surface area (Å²) >= 11 is 0. The van der Waals surface area contributed by atoms with Gasteiger partial charge in [0.05, 0.1) is 55.3 Å². The summed E-state index contributed by atoms with van der Waals surface area (Å²) in [5, 5.41) is 8.82. The van der Waals surface area contributed by atoms with Crippen LogP contribution in [0, 0.1) is 27.7 Å². The van der Waals surface area contributed by atoms with Gasteiger partial charge in [0, 0.05) is 32.7 Å². The zero-order valence-electron chi connectivity index (χ0n) is 41.2. The monoisotopic (exact) mass is 950 g/mol. The number of aryl methyl sites for hydroxylation is 4. The molecule has 7 heterocycles. The molecule has 15 rings (SSSR count). The highest BCUT2D eigenvalue weighted by molar-refractivity contribution is 6.28. The van der Waals surface area contributed by atoms with Crippen LogP contribution >= 0.6 is 0 Å². The average molecular weight is 951 g/mol. The SMILES string of the molecule is Cc1ccc(-c2c3cc4c5ccccc5c5cc([nH]c5c4n3)c(-c3ccc(C)cc3)c3ccc(o3)c(-c3ccc(C)cc3)c3cc4c5ccccc5c5cc([nH]c5c4n3)c(-c3ccc(C)cc3)c3ccc2o3)cc1. The molecule has 2 N–H and O–H groups in total. The Balaban J connectivity index is 1.18. The van der Waals surface area contributed by atoms with Crippen molar-refractivity contribution in [3.8, 4) is 44.5 Å². The van der Waals surface area contributed by atoms with E-state index in [9.17, 15) is 0 Å². The minimum Gasteiger partial charge on any atom is -0.456 e. The Labute approximate surface area is 424 Å². The van der Waals surface area contributed by atoms with Gasteiger partial charge < -0.3 is 18.8 Å². The Morgan fingerprint density at radius 3 is 0.932 bits per heavy atom. The van der Waals surface area contributed by atoms with Crippen LogP contribution in [0.3, 0.4) is 0 Å². The van der Waals surface area contributed by atoms with E-state index >= 15 is 0 Å². The lowest BCUT2D eigenvalue weighted by Gasteiger charge is -2.04. The van der Waals surface area contributed by atoms with Crippen LogP contribution in [-0.4, -0.2) is 19.9 Å². The fraction of sp³-hybridized carbons (Fsp3) is 0.0588. The number of H-pyrrole nitrogens is 2. The summed E-state index contributed by atoms with van der Waals surface area (Å²) in [6.07, 6.45) is 0. The highest BCUT2D eigenvalue weighted by Crippen LogP contribution is 2.44. The highest BCUT2D eigenvalue weighted by atomic mass is 16.3. The Morgan fingerprint density at radius 1 is 0.297 bits per heavy atom. The van der Waals surface area contributed by atoms with E-state index in [2.05, 4.69) is 232 Å². The Bertz CT molecular complexity index is 4280. The molecule has 0 atom stereocenters. The highest BCUT2D eigenvalue weighted by Gasteiger charge is 2.22. The molecule has 74 heavy (non-hydrogen) atoms. The summed E-state index contributed by atoms with van der Waals surface area (Å²) in [5.74, 6) is 0. The van der Waals surface area contributed by atoms with E-state index < -0.39 is 0 Å². The van der Waals surface area contributed by atoms with Crippen molar-refractivity contribution in [2.45, 2.75) is 27.7 Å². The van der Waals surface area contributed by atoms with Gasteiger partial charge in [-0.25, -0.2) is 9.97 Å². The van der Waals surface area contributed by atoms with Gasteiger partial charge in [-0.2, -0.15) is 0 Å². The average Bonchev–Trinajstić information content (AvgIpc) is 4.34. The number of rotatable bonds is 4. The largest absolute Gasteiger partial charge is 0.456 e. The molecule has 0 amide bonds. The first kappa shape index (κ1) is 42.2. The molecule has 0 fully saturated rings. The van der Waals surface area contributed by atoms with Crippen molar-refractivity contribution < 1.29 is 8.83 Å². The van der Waals surface area contributed by atoms with Crippen molar-refractivity contribution in [1.82, 2.24) is 19.9 Å². The Morgan fingerprint density at radius 2 is 0.595 bits per heavy atom. The van der Waals surface area contributed by atoms with Gasteiger partial charge in [-0.1, -0.05) is 168 Å². The number of hydrogen-bond donors (Lipinski definition) is 2. The van der Waals surface area contributed by atoms with Crippen LogP contribution in [0.2, 0.25) is 0 Å². The van der Waals surface area contributed by atoms with Crippen molar-refractivity contribution in [2.75, 3.05) is 0 Å².